The van der Waals surface area contributed by atoms with Gasteiger partial charge < -0.3 is 5.73 Å². The number of hydrogen-bond donors (Lipinski definition) is 1. The van der Waals surface area contributed by atoms with Crippen LogP contribution in [-0.2, 0) is 0 Å². The summed E-state index contributed by atoms with van der Waals surface area (Å²) >= 11 is 5.82. The quantitative estimate of drug-likeness (QED) is 0.650. The summed E-state index contributed by atoms with van der Waals surface area (Å²) in [5.41, 5.74) is 8.37. The molecule has 2 nitrogen and oxygen atoms in total. The fourth-order valence-corrected chi connectivity index (χ4v) is 1.76. The van der Waals surface area contributed by atoms with Gasteiger partial charge in [0.2, 0.25) is 0 Å². The molecule has 0 heterocycles. The Hall–Kier alpha value is -1.80. The van der Waals surface area contributed by atoms with Gasteiger partial charge >= 0.3 is 0 Å². The molecule has 17 heavy (non-hydrogen) atoms. The Kier molecular flexibility index (Phi) is 3.16. The topological polar surface area (TPSA) is 43.1 Å². The molecule has 2 rings (SSSR count). The molecular weight excluding hydrogens is 234 g/mol. The Bertz CT molecular complexity index is 578. The molecule has 0 saturated carbocycles. The Labute approximate surface area is 105 Å². The minimum Gasteiger partial charge on any atom is -0.398 e. The molecule has 3 heteroatoms. The van der Waals surface area contributed by atoms with Crippen LogP contribution in [0.25, 0.3) is 0 Å². The first-order valence-electron chi connectivity index (χ1n) is 5.24. The fraction of sp³-hybridized carbons (Fsp3) is 0.0714. The third-order valence-electron chi connectivity index (χ3n) is 2.54. The van der Waals surface area contributed by atoms with Crippen molar-refractivity contribution in [1.82, 2.24) is 0 Å². The van der Waals surface area contributed by atoms with Crippen LogP contribution in [0.15, 0.2) is 42.5 Å². The van der Waals surface area contributed by atoms with Gasteiger partial charge in [0.1, 0.15) is 0 Å². The number of aryl methyl sites for hydroxylation is 1. The summed E-state index contributed by atoms with van der Waals surface area (Å²) in [6.45, 7) is 1.95. The smallest absolute Gasteiger partial charge is 0.193 e. The molecule has 0 radical (unpaired) electrons. The molecule has 0 bridgehead atoms. The number of ketones is 1. The van der Waals surface area contributed by atoms with E-state index in [2.05, 4.69) is 0 Å². The third-order valence-corrected chi connectivity index (χ3v) is 2.88. The van der Waals surface area contributed by atoms with E-state index in [-0.39, 0.29) is 5.78 Å². The van der Waals surface area contributed by atoms with Crippen LogP contribution in [-0.4, -0.2) is 5.78 Å². The normalized spacial score (nSPS) is 10.2. The number of nitrogen functional groups attached to an aromatic ring is 1. The molecule has 0 fully saturated rings. The lowest BCUT2D eigenvalue weighted by molar-refractivity contribution is 0.103. The Balaban J connectivity index is 2.40. The highest BCUT2D eigenvalue weighted by Crippen LogP contribution is 2.21. The van der Waals surface area contributed by atoms with Gasteiger partial charge in [-0.2, -0.15) is 0 Å². The van der Waals surface area contributed by atoms with Crippen LogP contribution in [0, 0.1) is 6.92 Å². The maximum atomic E-state index is 12.2. The van der Waals surface area contributed by atoms with Gasteiger partial charge in [0, 0.05) is 11.1 Å². The molecule has 0 aromatic heterocycles. The fourth-order valence-electron chi connectivity index (χ4n) is 1.64. The second-order valence-corrected chi connectivity index (χ2v) is 4.34. The van der Waals surface area contributed by atoms with Crippen LogP contribution >= 0.6 is 11.6 Å². The van der Waals surface area contributed by atoms with E-state index in [1.165, 1.54) is 0 Å². The molecule has 0 unspecified atom stereocenters. The first-order chi connectivity index (χ1) is 8.08. The van der Waals surface area contributed by atoms with E-state index in [0.29, 0.717) is 21.8 Å². The number of carbonyl (C=O) groups excluding carboxylic acids is 1. The molecule has 0 saturated heterocycles. The molecule has 0 spiro atoms. The van der Waals surface area contributed by atoms with Crippen molar-refractivity contribution < 1.29 is 4.79 Å². The van der Waals surface area contributed by atoms with Crippen molar-refractivity contribution in [1.29, 1.82) is 0 Å². The van der Waals surface area contributed by atoms with Crippen LogP contribution in [0.2, 0.25) is 5.02 Å². The monoisotopic (exact) mass is 245 g/mol. The van der Waals surface area contributed by atoms with Gasteiger partial charge in [-0.15, -0.1) is 0 Å². The Morgan fingerprint density at radius 2 is 1.82 bits per heavy atom. The van der Waals surface area contributed by atoms with Gasteiger partial charge in [-0.05, 0) is 31.2 Å². The lowest BCUT2D eigenvalue weighted by Crippen LogP contribution is -2.02. The molecule has 0 amide bonds. The summed E-state index contributed by atoms with van der Waals surface area (Å²) in [5.74, 6) is -0.0444. The zero-order valence-electron chi connectivity index (χ0n) is 9.41. The van der Waals surface area contributed by atoms with Crippen LogP contribution < -0.4 is 5.73 Å². The summed E-state index contributed by atoms with van der Waals surface area (Å²) in [6, 6.07) is 12.4. The second-order valence-electron chi connectivity index (χ2n) is 3.93. The maximum Gasteiger partial charge on any atom is 0.193 e. The molecular formula is C14H12ClNO. The first kappa shape index (κ1) is 11.7. The van der Waals surface area contributed by atoms with E-state index in [4.69, 9.17) is 17.3 Å². The average molecular weight is 246 g/mol. The number of halogens is 1. The summed E-state index contributed by atoms with van der Waals surface area (Å²) in [4.78, 5) is 12.2. The van der Waals surface area contributed by atoms with E-state index in [9.17, 15) is 4.79 Å². The van der Waals surface area contributed by atoms with E-state index >= 15 is 0 Å². The van der Waals surface area contributed by atoms with Gasteiger partial charge in [0.15, 0.2) is 5.78 Å². The van der Waals surface area contributed by atoms with Crippen molar-refractivity contribution in [3.63, 3.8) is 0 Å². The highest BCUT2D eigenvalue weighted by atomic mass is 35.5. The zero-order chi connectivity index (χ0) is 12.4. The van der Waals surface area contributed by atoms with Gasteiger partial charge in [-0.25, -0.2) is 0 Å². The van der Waals surface area contributed by atoms with Crippen molar-refractivity contribution in [2.75, 3.05) is 5.73 Å². The molecule has 2 aromatic carbocycles. The maximum absolute atomic E-state index is 12.2. The standard InChI is InChI=1S/C14H12ClNO/c1-9-3-2-4-10(7-9)14(17)11-5-6-12(15)13(16)8-11/h2-8H,16H2,1H3. The Morgan fingerprint density at radius 3 is 2.47 bits per heavy atom. The summed E-state index contributed by atoms with van der Waals surface area (Å²) in [6.07, 6.45) is 0. The molecule has 0 atom stereocenters. The summed E-state index contributed by atoms with van der Waals surface area (Å²) < 4.78 is 0. The summed E-state index contributed by atoms with van der Waals surface area (Å²) in [7, 11) is 0. The van der Waals surface area contributed by atoms with Crippen molar-refractivity contribution in [2.45, 2.75) is 6.92 Å². The average Bonchev–Trinajstić information content (AvgIpc) is 2.32. The van der Waals surface area contributed by atoms with Crippen LogP contribution in [0.3, 0.4) is 0 Å². The lowest BCUT2D eigenvalue weighted by atomic mass is 10.0. The molecule has 0 aliphatic rings. The van der Waals surface area contributed by atoms with Crippen molar-refractivity contribution in [3.8, 4) is 0 Å². The minimum atomic E-state index is -0.0444. The zero-order valence-corrected chi connectivity index (χ0v) is 10.2. The number of rotatable bonds is 2. The number of nitrogens with two attached hydrogens (primary N) is 1. The number of anilines is 1. The van der Waals surface area contributed by atoms with Gasteiger partial charge in [-0.3, -0.25) is 4.79 Å². The molecule has 0 aliphatic carbocycles. The molecule has 2 N–H and O–H groups in total. The van der Waals surface area contributed by atoms with Crippen molar-refractivity contribution in [3.05, 3.63) is 64.2 Å². The minimum absolute atomic E-state index is 0.0444. The van der Waals surface area contributed by atoms with Crippen LogP contribution in [0.1, 0.15) is 21.5 Å². The van der Waals surface area contributed by atoms with E-state index in [1.807, 2.05) is 25.1 Å². The molecule has 86 valence electrons. The predicted octanol–water partition coefficient (Wildman–Crippen LogP) is 3.46. The first-order valence-corrected chi connectivity index (χ1v) is 5.62. The van der Waals surface area contributed by atoms with Crippen molar-refractivity contribution in [2.24, 2.45) is 0 Å². The van der Waals surface area contributed by atoms with Crippen molar-refractivity contribution >= 4 is 23.1 Å². The SMILES string of the molecule is Cc1cccc(C(=O)c2ccc(Cl)c(N)c2)c1. The number of hydrogen-bond acceptors (Lipinski definition) is 2. The van der Waals surface area contributed by atoms with Gasteiger partial charge in [-0.1, -0.05) is 35.4 Å². The van der Waals surface area contributed by atoms with E-state index in [0.717, 1.165) is 5.56 Å². The molecule has 2 aromatic rings. The number of benzene rings is 2. The predicted molar refractivity (Wildman–Crippen MR) is 70.5 cm³/mol. The van der Waals surface area contributed by atoms with Crippen LogP contribution in [0.4, 0.5) is 5.69 Å². The summed E-state index contributed by atoms with van der Waals surface area (Å²) in [5, 5.41) is 0.464. The van der Waals surface area contributed by atoms with Gasteiger partial charge in [0.05, 0.1) is 10.7 Å². The highest BCUT2D eigenvalue weighted by Gasteiger charge is 2.10. The highest BCUT2D eigenvalue weighted by molar-refractivity contribution is 6.33. The second kappa shape index (κ2) is 4.60. The largest absolute Gasteiger partial charge is 0.398 e. The third kappa shape index (κ3) is 2.48. The van der Waals surface area contributed by atoms with Gasteiger partial charge in [0.25, 0.3) is 0 Å². The van der Waals surface area contributed by atoms with E-state index in [1.54, 1.807) is 24.3 Å². The lowest BCUT2D eigenvalue weighted by Gasteiger charge is -2.04. The number of carbonyl (C=O) groups is 1. The van der Waals surface area contributed by atoms with E-state index < -0.39 is 0 Å². The molecule has 0 aliphatic heterocycles. The van der Waals surface area contributed by atoms with Crippen LogP contribution in [0.5, 0.6) is 0 Å². The Morgan fingerprint density at radius 1 is 1.12 bits per heavy atom.